The van der Waals surface area contributed by atoms with Gasteiger partial charge in [-0.1, -0.05) is 217 Å². The number of amides is 2. The van der Waals surface area contributed by atoms with Crippen molar-refractivity contribution in [3.05, 3.63) is 36.5 Å². The summed E-state index contributed by atoms with van der Waals surface area (Å²) in [5, 5.41) is 136. The van der Waals surface area contributed by atoms with Gasteiger partial charge in [0.2, 0.25) is 11.8 Å². The van der Waals surface area contributed by atoms with Crippen LogP contribution in [-0.4, -0.2) is 215 Å². The number of carboxylic acid groups (broad SMARTS) is 1. The van der Waals surface area contributed by atoms with E-state index < -0.39 is 155 Å². The second-order valence-electron chi connectivity index (χ2n) is 25.8. The minimum Gasteiger partial charge on any atom is -0.477 e. The maximum atomic E-state index is 13.4. The van der Waals surface area contributed by atoms with Gasteiger partial charge in [-0.15, -0.1) is 0 Å². The van der Waals surface area contributed by atoms with Crippen molar-refractivity contribution in [3.8, 4) is 0 Å². The van der Waals surface area contributed by atoms with Crippen molar-refractivity contribution in [2.45, 2.75) is 355 Å². The maximum absolute atomic E-state index is 13.4. The van der Waals surface area contributed by atoms with Crippen LogP contribution in [0.1, 0.15) is 245 Å². The van der Waals surface area contributed by atoms with Crippen LogP contribution in [-0.2, 0) is 42.8 Å². The lowest BCUT2D eigenvalue weighted by molar-refractivity contribution is -0.386. The van der Waals surface area contributed by atoms with Crippen LogP contribution in [0.3, 0.4) is 0 Å². The molecule has 0 aromatic carbocycles. The Morgan fingerprint density at radius 3 is 1.53 bits per heavy atom. The van der Waals surface area contributed by atoms with Crippen molar-refractivity contribution in [3.63, 3.8) is 0 Å². The fraction of sp³-hybridized carbons (Fsp3) is 0.870. The molecular formula is C69H124N2O21. The first-order chi connectivity index (χ1) is 44.4. The number of aliphatic carboxylic acids is 1. The first-order valence-corrected chi connectivity index (χ1v) is 35.4. The minimum atomic E-state index is -3.08. The number of nitrogens with one attached hydrogen (secondary N) is 2. The Morgan fingerprint density at radius 1 is 0.576 bits per heavy atom. The fourth-order valence-electron chi connectivity index (χ4n) is 12.2. The number of hydrogen-bond donors (Lipinski definition) is 14. The van der Waals surface area contributed by atoms with Crippen LogP contribution in [0, 0.1) is 0 Å². The van der Waals surface area contributed by atoms with Crippen LogP contribution in [0.5, 0.6) is 0 Å². The van der Waals surface area contributed by atoms with Gasteiger partial charge in [-0.05, 0) is 44.9 Å². The SMILES string of the molecule is CCCCC/C=C\C=C/CCCCCCCCC(=O)NC(COC1OC(CO)C(OC2OC(CO)C(O)C(OC3(C(=O)O)CC(O)C(NC(C)=O)C(C(O)C(O)CO)O3)C2O)C(O)C1O)C(O)/C=C/CCCCCCCCCCCCCCCCCCCCCCC. The molecule has 0 bridgehead atoms. The molecule has 2 amide bonds. The Labute approximate surface area is 548 Å². The summed E-state index contributed by atoms with van der Waals surface area (Å²) >= 11 is 0. The topological polar surface area (TPSA) is 373 Å². The molecule has 0 aromatic heterocycles. The number of aliphatic hydroxyl groups excluding tert-OH is 11. The highest BCUT2D eigenvalue weighted by molar-refractivity contribution is 5.77. The Hall–Kier alpha value is -3.05. The third-order valence-corrected chi connectivity index (χ3v) is 17.8. The molecule has 14 N–H and O–H groups in total. The van der Waals surface area contributed by atoms with Crippen LogP contribution < -0.4 is 10.6 Å². The molecule has 536 valence electrons. The van der Waals surface area contributed by atoms with Crippen LogP contribution in [0.15, 0.2) is 36.5 Å². The zero-order valence-electron chi connectivity index (χ0n) is 55.9. The number of carbonyl (C=O) groups excluding carboxylic acids is 2. The van der Waals surface area contributed by atoms with E-state index in [4.69, 9.17) is 28.4 Å². The van der Waals surface area contributed by atoms with Gasteiger partial charge in [0.15, 0.2) is 12.6 Å². The normalized spacial score (nSPS) is 28.4. The molecule has 3 fully saturated rings. The van der Waals surface area contributed by atoms with Crippen molar-refractivity contribution < 1.29 is 104 Å². The number of ether oxygens (including phenoxy) is 6. The largest absolute Gasteiger partial charge is 0.477 e. The van der Waals surface area contributed by atoms with Crippen molar-refractivity contribution in [2.75, 3.05) is 26.4 Å². The van der Waals surface area contributed by atoms with Crippen molar-refractivity contribution >= 4 is 17.8 Å². The monoisotopic (exact) mass is 1320 g/mol. The predicted octanol–water partition coefficient (Wildman–Crippen LogP) is 6.62. The van der Waals surface area contributed by atoms with Gasteiger partial charge in [-0.25, -0.2) is 4.79 Å². The molecule has 0 aromatic rings. The highest BCUT2D eigenvalue weighted by Crippen LogP contribution is 2.39. The van der Waals surface area contributed by atoms with E-state index in [9.17, 15) is 75.7 Å². The molecule has 3 saturated heterocycles. The molecule has 3 heterocycles. The molecule has 3 rings (SSSR count). The Bertz CT molecular complexity index is 2000. The summed E-state index contributed by atoms with van der Waals surface area (Å²) in [5.41, 5.74) is 0. The first-order valence-electron chi connectivity index (χ1n) is 35.4. The summed E-state index contributed by atoms with van der Waals surface area (Å²) in [5.74, 6) is -6.16. The fourth-order valence-corrected chi connectivity index (χ4v) is 12.2. The molecule has 23 heteroatoms. The summed E-state index contributed by atoms with van der Waals surface area (Å²) in [4.78, 5) is 38.5. The molecule has 0 saturated carbocycles. The number of hydrogen-bond acceptors (Lipinski definition) is 20. The van der Waals surface area contributed by atoms with Crippen molar-refractivity contribution in [1.82, 2.24) is 10.6 Å². The molecule has 3 aliphatic rings. The number of allylic oxidation sites excluding steroid dienone is 5. The lowest BCUT2D eigenvalue weighted by Crippen LogP contribution is -2.70. The quantitative estimate of drug-likeness (QED) is 0.0173. The lowest BCUT2D eigenvalue weighted by Gasteiger charge is -2.50. The first kappa shape index (κ1) is 83.2. The van der Waals surface area contributed by atoms with Gasteiger partial charge in [0.1, 0.15) is 67.1 Å². The number of unbranched alkanes of at least 4 members (excludes halogenated alkanes) is 30. The molecule has 0 spiro atoms. The summed E-state index contributed by atoms with van der Waals surface area (Å²) in [7, 11) is 0. The van der Waals surface area contributed by atoms with Gasteiger partial charge in [-0.3, -0.25) is 9.59 Å². The van der Waals surface area contributed by atoms with Gasteiger partial charge in [0.25, 0.3) is 5.79 Å². The van der Waals surface area contributed by atoms with E-state index in [1.165, 1.54) is 135 Å². The Balaban J connectivity index is 1.59. The van der Waals surface area contributed by atoms with E-state index in [0.29, 0.717) is 12.8 Å². The Kier molecular flexibility index (Phi) is 44.7. The van der Waals surface area contributed by atoms with Gasteiger partial charge in [-0.2, -0.15) is 0 Å². The second kappa shape index (κ2) is 49.5. The molecule has 0 aliphatic carbocycles. The number of aliphatic hydroxyl groups is 11. The average molecular weight is 1320 g/mol. The molecule has 0 radical (unpaired) electrons. The van der Waals surface area contributed by atoms with Gasteiger partial charge < -0.3 is 100 Å². The average Bonchev–Trinajstić information content (AvgIpc) is 0.767. The number of rotatable bonds is 53. The lowest BCUT2D eigenvalue weighted by atomic mass is 9.88. The molecule has 18 atom stereocenters. The van der Waals surface area contributed by atoms with Crippen molar-refractivity contribution in [2.24, 2.45) is 0 Å². The number of carboxylic acids is 1. The third-order valence-electron chi connectivity index (χ3n) is 17.8. The second-order valence-corrected chi connectivity index (χ2v) is 25.8. The van der Waals surface area contributed by atoms with Crippen molar-refractivity contribution in [1.29, 1.82) is 0 Å². The van der Waals surface area contributed by atoms with E-state index in [1.807, 2.05) is 6.08 Å². The Morgan fingerprint density at radius 2 is 1.04 bits per heavy atom. The van der Waals surface area contributed by atoms with Crippen LogP contribution in [0.4, 0.5) is 0 Å². The highest BCUT2D eigenvalue weighted by Gasteiger charge is 2.60. The summed E-state index contributed by atoms with van der Waals surface area (Å²) in [6, 6.07) is -2.63. The van der Waals surface area contributed by atoms with Gasteiger partial charge in [0.05, 0.1) is 50.7 Å². The summed E-state index contributed by atoms with van der Waals surface area (Å²) < 4.78 is 34.8. The predicted molar refractivity (Wildman–Crippen MR) is 347 cm³/mol. The van der Waals surface area contributed by atoms with E-state index in [-0.39, 0.29) is 12.3 Å². The van der Waals surface area contributed by atoms with Crippen LogP contribution >= 0.6 is 0 Å². The van der Waals surface area contributed by atoms with Gasteiger partial charge >= 0.3 is 5.97 Å². The van der Waals surface area contributed by atoms with Gasteiger partial charge in [0, 0.05) is 19.8 Å². The molecule has 18 unspecified atom stereocenters. The smallest absolute Gasteiger partial charge is 0.364 e. The molecule has 23 nitrogen and oxygen atoms in total. The van der Waals surface area contributed by atoms with E-state index in [1.54, 1.807) is 6.08 Å². The van der Waals surface area contributed by atoms with Crippen LogP contribution in [0.25, 0.3) is 0 Å². The number of carbonyl (C=O) groups is 3. The highest BCUT2D eigenvalue weighted by atomic mass is 16.8. The zero-order valence-corrected chi connectivity index (χ0v) is 55.9. The standard InChI is InChI=1S/C69H124N2O21/c1-4-6-8-10-12-14-16-18-20-21-22-23-24-25-26-27-29-30-32-34-36-38-40-42-51(76)50(71-56(79)43-41-39-37-35-33-31-28-19-17-15-13-11-9-7-5-2)48-87-66-61(83)60(82)63(55(47-74)89-66)90-67-62(84)65(59(81)54(46-73)88-67)92-69(68(85)86)44-52(77)57(70-49(3)75)64(91-69)58(80)53(78)45-72/h13,15,17,19,40,42,50-55,57-67,72-74,76-78,80-84H,4-12,14,16,18,20-39,41,43-48H2,1-3H3,(H,70,75)(H,71,79)(H,85,86)/b15-13-,19-17-,42-40+. The third kappa shape index (κ3) is 31.4. The molecular weight excluding hydrogens is 1190 g/mol. The zero-order chi connectivity index (χ0) is 67.5. The molecule has 92 heavy (non-hydrogen) atoms. The molecule has 3 aliphatic heterocycles. The summed E-state index contributed by atoms with van der Waals surface area (Å²) in [6.45, 7) is 2.10. The summed E-state index contributed by atoms with van der Waals surface area (Å²) in [6.07, 6.45) is 21.9. The maximum Gasteiger partial charge on any atom is 0.364 e. The van der Waals surface area contributed by atoms with Crippen LogP contribution in [0.2, 0.25) is 0 Å². The van der Waals surface area contributed by atoms with E-state index in [2.05, 4.69) is 48.8 Å². The minimum absolute atomic E-state index is 0.186. The van der Waals surface area contributed by atoms with E-state index in [0.717, 1.165) is 71.1 Å². The van der Waals surface area contributed by atoms with E-state index >= 15 is 0 Å².